The zero-order valence-electron chi connectivity index (χ0n) is 21.5. The van der Waals surface area contributed by atoms with E-state index in [0.29, 0.717) is 61.1 Å². The number of hydrogen-bond donors (Lipinski definition) is 1. The second kappa shape index (κ2) is 12.1. The molecule has 0 radical (unpaired) electrons. The van der Waals surface area contributed by atoms with Gasteiger partial charge in [-0.1, -0.05) is 32.0 Å². The average Bonchev–Trinajstić information content (AvgIpc) is 3.07. The largest absolute Gasteiger partial charge is 0.496 e. The second-order valence-electron chi connectivity index (χ2n) is 9.37. The molecule has 0 aliphatic carbocycles. The third-order valence-electron chi connectivity index (χ3n) is 6.42. The Morgan fingerprint density at radius 3 is 2.57 bits per heavy atom. The standard InChI is InChI=1S/C26H38N4O5/c1-6-35-25(32)23-20(17-29-12-9-13-30(15-14-29)22(31)16-18(2)3)28(4)26(33)27-24(23)19-10-7-8-11-21(19)34-5/h7-8,10-11,18,24H,6,9,12-17H2,1-5H3,(H,27,33). The molecule has 3 rings (SSSR count). The van der Waals surface area contributed by atoms with Gasteiger partial charge in [-0.3, -0.25) is 14.6 Å². The number of methoxy groups -OCH3 is 1. The number of carbonyl (C=O) groups excluding carboxylic acids is 3. The maximum atomic E-state index is 13.2. The summed E-state index contributed by atoms with van der Waals surface area (Å²) >= 11 is 0. The molecule has 1 fully saturated rings. The predicted octanol–water partition coefficient (Wildman–Crippen LogP) is 2.79. The van der Waals surface area contributed by atoms with Crippen LogP contribution in [0.25, 0.3) is 0 Å². The molecule has 0 aromatic heterocycles. The van der Waals surface area contributed by atoms with Crippen molar-refractivity contribution in [2.24, 2.45) is 5.92 Å². The molecule has 9 heteroatoms. The van der Waals surface area contributed by atoms with E-state index in [1.807, 2.05) is 36.9 Å². The Hall–Kier alpha value is -3.07. The molecule has 2 aliphatic rings. The Kier molecular flexibility index (Phi) is 9.14. The van der Waals surface area contributed by atoms with Crippen LogP contribution in [0.1, 0.15) is 45.2 Å². The maximum absolute atomic E-state index is 13.2. The normalized spacial score (nSPS) is 19.5. The van der Waals surface area contributed by atoms with Gasteiger partial charge in [0.05, 0.1) is 25.3 Å². The number of nitrogens with one attached hydrogen (secondary N) is 1. The SMILES string of the molecule is CCOC(=O)C1=C(CN2CCCN(C(=O)CC(C)C)CC2)N(C)C(=O)NC1c1ccccc1OC. The van der Waals surface area contributed by atoms with E-state index in [4.69, 9.17) is 9.47 Å². The van der Waals surface area contributed by atoms with E-state index >= 15 is 0 Å². The molecule has 1 unspecified atom stereocenters. The molecule has 1 atom stereocenters. The van der Waals surface area contributed by atoms with Crippen molar-refractivity contribution in [2.75, 3.05) is 53.5 Å². The van der Waals surface area contributed by atoms with Crippen LogP contribution in [0.2, 0.25) is 0 Å². The van der Waals surface area contributed by atoms with Crippen molar-refractivity contribution in [1.82, 2.24) is 20.0 Å². The van der Waals surface area contributed by atoms with Crippen LogP contribution in [0.5, 0.6) is 5.75 Å². The number of urea groups is 1. The van der Waals surface area contributed by atoms with E-state index in [0.717, 1.165) is 13.0 Å². The van der Waals surface area contributed by atoms with Gasteiger partial charge < -0.3 is 19.7 Å². The van der Waals surface area contributed by atoms with Crippen LogP contribution < -0.4 is 10.1 Å². The molecule has 1 aromatic carbocycles. The fourth-order valence-electron chi connectivity index (χ4n) is 4.60. The highest BCUT2D eigenvalue weighted by Crippen LogP contribution is 2.35. The summed E-state index contributed by atoms with van der Waals surface area (Å²) in [6.07, 6.45) is 1.37. The van der Waals surface area contributed by atoms with Crippen molar-refractivity contribution >= 4 is 17.9 Å². The van der Waals surface area contributed by atoms with Gasteiger partial charge in [0.1, 0.15) is 5.75 Å². The van der Waals surface area contributed by atoms with Crippen LogP contribution in [0, 0.1) is 5.92 Å². The average molecular weight is 487 g/mol. The number of amides is 3. The Bertz CT molecular complexity index is 961. The summed E-state index contributed by atoms with van der Waals surface area (Å²) in [5.41, 5.74) is 1.69. The number of carbonyl (C=O) groups is 3. The Balaban J connectivity index is 1.93. The molecule has 192 valence electrons. The zero-order valence-corrected chi connectivity index (χ0v) is 21.5. The quantitative estimate of drug-likeness (QED) is 0.568. The van der Waals surface area contributed by atoms with Crippen LogP contribution in [0.4, 0.5) is 4.79 Å². The Morgan fingerprint density at radius 1 is 1.14 bits per heavy atom. The van der Waals surface area contributed by atoms with Gasteiger partial charge in [-0.15, -0.1) is 0 Å². The van der Waals surface area contributed by atoms with E-state index < -0.39 is 12.0 Å². The predicted molar refractivity (Wildman–Crippen MR) is 133 cm³/mol. The topological polar surface area (TPSA) is 91.4 Å². The number of likely N-dealkylation sites (N-methyl/N-ethyl adjacent to an activating group) is 1. The number of rotatable bonds is 8. The fraction of sp³-hybridized carbons (Fsp3) is 0.577. The summed E-state index contributed by atoms with van der Waals surface area (Å²) in [5.74, 6) is 0.616. The highest BCUT2D eigenvalue weighted by atomic mass is 16.5. The van der Waals surface area contributed by atoms with Gasteiger partial charge in [0, 0.05) is 57.5 Å². The van der Waals surface area contributed by atoms with Crippen molar-refractivity contribution in [3.05, 3.63) is 41.1 Å². The summed E-state index contributed by atoms with van der Waals surface area (Å²) in [5, 5.41) is 2.94. The zero-order chi connectivity index (χ0) is 25.5. The van der Waals surface area contributed by atoms with E-state index in [-0.39, 0.29) is 18.5 Å². The minimum Gasteiger partial charge on any atom is -0.496 e. The van der Waals surface area contributed by atoms with Gasteiger partial charge in [0.15, 0.2) is 0 Å². The first-order valence-electron chi connectivity index (χ1n) is 12.3. The molecule has 2 heterocycles. The second-order valence-corrected chi connectivity index (χ2v) is 9.37. The number of para-hydroxylation sites is 1. The van der Waals surface area contributed by atoms with Crippen LogP contribution in [0.15, 0.2) is 35.5 Å². The summed E-state index contributed by atoms with van der Waals surface area (Å²) < 4.78 is 11.0. The van der Waals surface area contributed by atoms with E-state index in [9.17, 15) is 14.4 Å². The lowest BCUT2D eigenvalue weighted by atomic mass is 9.93. The van der Waals surface area contributed by atoms with Gasteiger partial charge >= 0.3 is 12.0 Å². The molecule has 35 heavy (non-hydrogen) atoms. The summed E-state index contributed by atoms with van der Waals surface area (Å²) in [6.45, 7) is 9.25. The molecule has 1 saturated heterocycles. The third kappa shape index (κ3) is 6.33. The van der Waals surface area contributed by atoms with Crippen molar-refractivity contribution < 1.29 is 23.9 Å². The lowest BCUT2D eigenvalue weighted by Crippen LogP contribution is -2.49. The summed E-state index contributed by atoms with van der Waals surface area (Å²) in [6, 6.07) is 6.35. The molecular formula is C26H38N4O5. The lowest BCUT2D eigenvalue weighted by molar-refractivity contribution is -0.139. The minimum atomic E-state index is -0.694. The highest BCUT2D eigenvalue weighted by molar-refractivity contribution is 5.95. The molecule has 2 aliphatic heterocycles. The van der Waals surface area contributed by atoms with Crippen molar-refractivity contribution in [2.45, 2.75) is 39.7 Å². The first kappa shape index (κ1) is 26.5. The first-order valence-corrected chi connectivity index (χ1v) is 12.3. The maximum Gasteiger partial charge on any atom is 0.338 e. The third-order valence-corrected chi connectivity index (χ3v) is 6.42. The van der Waals surface area contributed by atoms with E-state index in [1.165, 1.54) is 4.90 Å². The van der Waals surface area contributed by atoms with Crippen LogP contribution >= 0.6 is 0 Å². The molecule has 1 aromatic rings. The molecule has 3 amide bonds. The van der Waals surface area contributed by atoms with Gasteiger partial charge in [-0.05, 0) is 25.3 Å². The first-order chi connectivity index (χ1) is 16.8. The monoisotopic (exact) mass is 486 g/mol. The van der Waals surface area contributed by atoms with E-state index in [2.05, 4.69) is 10.2 Å². The number of esters is 1. The van der Waals surface area contributed by atoms with Crippen LogP contribution in [-0.4, -0.2) is 86.1 Å². The Labute approximate surface area is 208 Å². The molecule has 0 spiro atoms. The van der Waals surface area contributed by atoms with Crippen molar-refractivity contribution in [3.63, 3.8) is 0 Å². The molecular weight excluding hydrogens is 448 g/mol. The molecule has 0 saturated carbocycles. The number of ether oxygens (including phenoxy) is 2. The summed E-state index contributed by atoms with van der Waals surface area (Å²) in [7, 11) is 3.23. The van der Waals surface area contributed by atoms with Crippen LogP contribution in [-0.2, 0) is 14.3 Å². The molecule has 0 bridgehead atoms. The molecule has 9 nitrogen and oxygen atoms in total. The minimum absolute atomic E-state index is 0.179. The smallest absolute Gasteiger partial charge is 0.338 e. The molecule has 1 N–H and O–H groups in total. The number of hydrogen-bond acceptors (Lipinski definition) is 6. The number of benzene rings is 1. The fourth-order valence-corrected chi connectivity index (χ4v) is 4.60. The van der Waals surface area contributed by atoms with E-state index in [1.54, 1.807) is 27.1 Å². The highest BCUT2D eigenvalue weighted by Gasteiger charge is 2.38. The van der Waals surface area contributed by atoms with Gasteiger partial charge in [-0.2, -0.15) is 0 Å². The summed E-state index contributed by atoms with van der Waals surface area (Å²) in [4.78, 5) is 44.4. The van der Waals surface area contributed by atoms with Gasteiger partial charge in [0.2, 0.25) is 5.91 Å². The number of nitrogens with zero attached hydrogens (tertiary/aromatic N) is 3. The van der Waals surface area contributed by atoms with Gasteiger partial charge in [-0.25, -0.2) is 9.59 Å². The van der Waals surface area contributed by atoms with Crippen molar-refractivity contribution in [3.8, 4) is 5.75 Å². The Morgan fingerprint density at radius 2 is 1.89 bits per heavy atom. The lowest BCUT2D eigenvalue weighted by Gasteiger charge is -2.37. The van der Waals surface area contributed by atoms with Crippen molar-refractivity contribution in [1.29, 1.82) is 0 Å². The van der Waals surface area contributed by atoms with Gasteiger partial charge in [0.25, 0.3) is 0 Å². The van der Waals surface area contributed by atoms with Crippen LogP contribution in [0.3, 0.4) is 0 Å².